The number of hydrogen-bond donors (Lipinski definition) is 0. The van der Waals surface area contributed by atoms with E-state index in [2.05, 4.69) is 20.7 Å². The monoisotopic (exact) mass is 298 g/mol. The van der Waals surface area contributed by atoms with Gasteiger partial charge in [-0.05, 0) is 25.0 Å². The molecule has 1 aromatic carbocycles. The number of halogens is 1. The quantitative estimate of drug-likeness (QED) is 0.488. The molecule has 1 unspecified atom stereocenters. The Labute approximate surface area is 109 Å². The summed E-state index contributed by atoms with van der Waals surface area (Å²) in [6, 6.07) is 5.39. The number of alkyl halides is 1. The Morgan fingerprint density at radius 3 is 2.53 bits per heavy atom. The van der Waals surface area contributed by atoms with Crippen LogP contribution in [0.4, 0.5) is 0 Å². The summed E-state index contributed by atoms with van der Waals surface area (Å²) in [5, 5.41) is 0. The van der Waals surface area contributed by atoms with Gasteiger partial charge in [0.25, 0.3) is 0 Å². The molecular formula is C13H15BrO3. The average Bonchev–Trinajstić information content (AvgIpc) is 2.28. The number of esters is 1. The second-order valence-electron chi connectivity index (χ2n) is 3.88. The van der Waals surface area contributed by atoms with Crippen LogP contribution in [0, 0.1) is 6.92 Å². The van der Waals surface area contributed by atoms with Crippen molar-refractivity contribution in [3.05, 3.63) is 34.9 Å². The Morgan fingerprint density at radius 2 is 2.06 bits per heavy atom. The molecule has 1 aromatic rings. The Morgan fingerprint density at radius 1 is 1.41 bits per heavy atom. The van der Waals surface area contributed by atoms with Crippen LogP contribution in [-0.4, -0.2) is 23.7 Å². The zero-order chi connectivity index (χ0) is 13.0. The van der Waals surface area contributed by atoms with Crippen molar-refractivity contribution in [1.82, 2.24) is 0 Å². The van der Waals surface area contributed by atoms with E-state index in [1.165, 1.54) is 7.11 Å². The highest BCUT2D eigenvalue weighted by Gasteiger charge is 2.14. The van der Waals surface area contributed by atoms with E-state index >= 15 is 0 Å². The number of ketones is 1. The highest BCUT2D eigenvalue weighted by molar-refractivity contribution is 9.10. The normalized spacial score (nSPS) is 12.0. The Balaban J connectivity index is 2.94. The third kappa shape index (κ3) is 3.66. The summed E-state index contributed by atoms with van der Waals surface area (Å²) < 4.78 is 4.60. The van der Waals surface area contributed by atoms with Crippen molar-refractivity contribution in [2.45, 2.75) is 25.1 Å². The van der Waals surface area contributed by atoms with Crippen LogP contribution in [0.25, 0.3) is 0 Å². The average molecular weight is 299 g/mol. The van der Waals surface area contributed by atoms with Gasteiger partial charge in [-0.2, -0.15) is 0 Å². The summed E-state index contributed by atoms with van der Waals surface area (Å²) in [7, 11) is 1.36. The molecule has 0 amide bonds. The molecule has 0 saturated heterocycles. The fourth-order valence-electron chi connectivity index (χ4n) is 1.57. The maximum atomic E-state index is 11.8. The van der Waals surface area contributed by atoms with E-state index in [1.807, 2.05) is 13.0 Å². The van der Waals surface area contributed by atoms with E-state index < -0.39 is 0 Å². The summed E-state index contributed by atoms with van der Waals surface area (Å²) in [5.41, 5.74) is 2.42. The van der Waals surface area contributed by atoms with Crippen molar-refractivity contribution in [2.24, 2.45) is 0 Å². The van der Waals surface area contributed by atoms with Gasteiger partial charge in [0.1, 0.15) is 0 Å². The number of hydrogen-bond acceptors (Lipinski definition) is 3. The molecule has 0 saturated carbocycles. The third-order valence-corrected chi connectivity index (χ3v) is 2.91. The smallest absolute Gasteiger partial charge is 0.309 e. The first-order valence-corrected chi connectivity index (χ1v) is 6.22. The van der Waals surface area contributed by atoms with Gasteiger partial charge < -0.3 is 4.74 Å². The predicted molar refractivity (Wildman–Crippen MR) is 69.6 cm³/mol. The van der Waals surface area contributed by atoms with Gasteiger partial charge in [-0.15, -0.1) is 0 Å². The lowest BCUT2D eigenvalue weighted by Crippen LogP contribution is -2.12. The van der Waals surface area contributed by atoms with E-state index in [1.54, 1.807) is 19.1 Å². The van der Waals surface area contributed by atoms with E-state index in [4.69, 9.17) is 0 Å². The summed E-state index contributed by atoms with van der Waals surface area (Å²) in [5.74, 6) is -0.232. The molecule has 0 N–H and O–H groups in total. The number of carbonyl (C=O) groups is 2. The first-order chi connectivity index (χ1) is 7.95. The molecule has 1 atom stereocenters. The van der Waals surface area contributed by atoms with Gasteiger partial charge in [-0.3, -0.25) is 9.59 Å². The number of methoxy groups -OCH3 is 1. The Bertz CT molecular complexity index is 438. The van der Waals surface area contributed by atoms with Crippen LogP contribution < -0.4 is 0 Å². The van der Waals surface area contributed by atoms with Gasteiger partial charge in [0.15, 0.2) is 5.78 Å². The summed E-state index contributed by atoms with van der Waals surface area (Å²) >= 11 is 3.26. The molecule has 0 aliphatic rings. The van der Waals surface area contributed by atoms with Gasteiger partial charge in [0.2, 0.25) is 0 Å². The molecule has 0 aromatic heterocycles. The lowest BCUT2D eigenvalue weighted by molar-refractivity contribution is -0.139. The molecule has 0 bridgehead atoms. The predicted octanol–water partition coefficient (Wildman–Crippen LogP) is 2.68. The number of benzene rings is 1. The fourth-order valence-corrected chi connectivity index (χ4v) is 1.81. The molecule has 1 rings (SSSR count). The molecule has 17 heavy (non-hydrogen) atoms. The summed E-state index contributed by atoms with van der Waals surface area (Å²) in [6.07, 6.45) is 0.232. The lowest BCUT2D eigenvalue weighted by Gasteiger charge is -2.08. The zero-order valence-electron chi connectivity index (χ0n) is 10.1. The molecule has 92 valence electrons. The van der Waals surface area contributed by atoms with Crippen LogP contribution in [0.15, 0.2) is 18.2 Å². The van der Waals surface area contributed by atoms with Crippen molar-refractivity contribution in [1.29, 1.82) is 0 Å². The summed E-state index contributed by atoms with van der Waals surface area (Å²) in [6.45, 7) is 3.66. The van der Waals surface area contributed by atoms with Crippen LogP contribution in [0.3, 0.4) is 0 Å². The molecule has 0 radical (unpaired) electrons. The standard InChI is InChI=1S/C13H15BrO3/c1-8-6-10(7-12(15)17-3)4-5-11(8)13(16)9(2)14/h4-6,9H,7H2,1-3H3. The van der Waals surface area contributed by atoms with E-state index in [0.717, 1.165) is 11.1 Å². The molecule has 0 spiro atoms. The van der Waals surface area contributed by atoms with Crippen LogP contribution >= 0.6 is 15.9 Å². The highest BCUT2D eigenvalue weighted by Crippen LogP contribution is 2.16. The van der Waals surface area contributed by atoms with Crippen molar-refractivity contribution >= 4 is 27.7 Å². The minimum Gasteiger partial charge on any atom is -0.469 e. The van der Waals surface area contributed by atoms with Gasteiger partial charge in [0, 0.05) is 5.56 Å². The van der Waals surface area contributed by atoms with Crippen molar-refractivity contribution in [2.75, 3.05) is 7.11 Å². The van der Waals surface area contributed by atoms with Crippen molar-refractivity contribution in [3.63, 3.8) is 0 Å². The lowest BCUT2D eigenvalue weighted by atomic mass is 9.99. The van der Waals surface area contributed by atoms with Gasteiger partial charge in [-0.1, -0.05) is 34.1 Å². The number of rotatable bonds is 4. The Hall–Kier alpha value is -1.16. The second-order valence-corrected chi connectivity index (χ2v) is 5.26. The van der Waals surface area contributed by atoms with E-state index in [0.29, 0.717) is 5.56 Å². The number of ether oxygens (including phenoxy) is 1. The molecule has 3 nitrogen and oxygen atoms in total. The van der Waals surface area contributed by atoms with Crippen LogP contribution in [0.2, 0.25) is 0 Å². The first-order valence-electron chi connectivity index (χ1n) is 5.30. The van der Waals surface area contributed by atoms with Gasteiger partial charge in [-0.25, -0.2) is 0 Å². The number of Topliss-reactive ketones (excluding diaryl/α,β-unsaturated/α-hetero) is 1. The van der Waals surface area contributed by atoms with Crippen LogP contribution in [-0.2, 0) is 16.0 Å². The SMILES string of the molecule is COC(=O)Cc1ccc(C(=O)C(C)Br)c(C)c1. The van der Waals surface area contributed by atoms with E-state index in [-0.39, 0.29) is 23.0 Å². The largest absolute Gasteiger partial charge is 0.469 e. The molecule has 0 heterocycles. The summed E-state index contributed by atoms with van der Waals surface area (Å²) in [4.78, 5) is 22.7. The molecule has 0 aliphatic heterocycles. The van der Waals surface area contributed by atoms with Crippen molar-refractivity contribution < 1.29 is 14.3 Å². The van der Waals surface area contributed by atoms with Gasteiger partial charge >= 0.3 is 5.97 Å². The van der Waals surface area contributed by atoms with Gasteiger partial charge in [0.05, 0.1) is 18.4 Å². The number of aryl methyl sites for hydroxylation is 1. The zero-order valence-corrected chi connectivity index (χ0v) is 11.7. The second kappa shape index (κ2) is 5.96. The topological polar surface area (TPSA) is 43.4 Å². The van der Waals surface area contributed by atoms with Crippen LogP contribution in [0.1, 0.15) is 28.4 Å². The molecule has 0 fully saturated rings. The van der Waals surface area contributed by atoms with Crippen LogP contribution in [0.5, 0.6) is 0 Å². The first kappa shape index (κ1) is 13.9. The molecule has 4 heteroatoms. The maximum Gasteiger partial charge on any atom is 0.309 e. The fraction of sp³-hybridized carbons (Fsp3) is 0.385. The van der Waals surface area contributed by atoms with E-state index in [9.17, 15) is 9.59 Å². The Kier molecular flexibility index (Phi) is 4.87. The highest BCUT2D eigenvalue weighted by atomic mass is 79.9. The maximum absolute atomic E-state index is 11.8. The van der Waals surface area contributed by atoms with Crippen molar-refractivity contribution in [3.8, 4) is 0 Å². The molecular weight excluding hydrogens is 284 g/mol. The molecule has 0 aliphatic carbocycles. The minimum absolute atomic E-state index is 0.0483. The minimum atomic E-state index is -0.280. The third-order valence-electron chi connectivity index (χ3n) is 2.49. The number of carbonyl (C=O) groups excluding carboxylic acids is 2.